The SMILES string of the molecule is COc1ccsc1C(=O)NCC(O)c1ccccc1Cl. The van der Waals surface area contributed by atoms with E-state index in [-0.39, 0.29) is 12.5 Å². The molecule has 1 amide bonds. The summed E-state index contributed by atoms with van der Waals surface area (Å²) in [4.78, 5) is 12.5. The van der Waals surface area contributed by atoms with Crippen LogP contribution in [0.1, 0.15) is 21.3 Å². The van der Waals surface area contributed by atoms with Crippen molar-refractivity contribution < 1.29 is 14.6 Å². The van der Waals surface area contributed by atoms with Crippen LogP contribution in [-0.2, 0) is 0 Å². The van der Waals surface area contributed by atoms with Crippen LogP contribution in [0.4, 0.5) is 0 Å². The Kier molecular flexibility index (Phi) is 5.00. The van der Waals surface area contributed by atoms with Crippen molar-refractivity contribution in [1.29, 1.82) is 0 Å². The van der Waals surface area contributed by atoms with Crippen LogP contribution < -0.4 is 10.1 Å². The van der Waals surface area contributed by atoms with Gasteiger partial charge in [0, 0.05) is 17.1 Å². The fraction of sp³-hybridized carbons (Fsp3) is 0.214. The Bertz CT molecular complexity index is 600. The summed E-state index contributed by atoms with van der Waals surface area (Å²) in [7, 11) is 1.51. The number of hydrogen-bond donors (Lipinski definition) is 2. The predicted molar refractivity (Wildman–Crippen MR) is 79.6 cm³/mol. The Morgan fingerprint density at radius 3 is 2.90 bits per heavy atom. The molecule has 0 aliphatic rings. The molecular weight excluding hydrogens is 298 g/mol. The van der Waals surface area contributed by atoms with E-state index < -0.39 is 6.10 Å². The highest BCUT2D eigenvalue weighted by Gasteiger charge is 2.16. The summed E-state index contributed by atoms with van der Waals surface area (Å²) in [6.45, 7) is 0.0869. The minimum absolute atomic E-state index is 0.0869. The van der Waals surface area contributed by atoms with E-state index >= 15 is 0 Å². The fourth-order valence-corrected chi connectivity index (χ4v) is 2.78. The number of methoxy groups -OCH3 is 1. The lowest BCUT2D eigenvalue weighted by molar-refractivity contribution is 0.0917. The van der Waals surface area contributed by atoms with Crippen molar-refractivity contribution in [2.75, 3.05) is 13.7 Å². The minimum Gasteiger partial charge on any atom is -0.495 e. The van der Waals surface area contributed by atoms with E-state index in [2.05, 4.69) is 5.32 Å². The van der Waals surface area contributed by atoms with Crippen LogP contribution in [0.25, 0.3) is 0 Å². The van der Waals surface area contributed by atoms with Crippen molar-refractivity contribution in [1.82, 2.24) is 5.32 Å². The summed E-state index contributed by atoms with van der Waals surface area (Å²) >= 11 is 7.28. The smallest absolute Gasteiger partial charge is 0.265 e. The second kappa shape index (κ2) is 6.74. The maximum absolute atomic E-state index is 12.0. The number of carbonyl (C=O) groups is 1. The van der Waals surface area contributed by atoms with Gasteiger partial charge in [-0.25, -0.2) is 0 Å². The summed E-state index contributed by atoms with van der Waals surface area (Å²) in [5.74, 6) is 0.252. The molecule has 0 bridgehead atoms. The van der Waals surface area contributed by atoms with Crippen molar-refractivity contribution >= 4 is 28.8 Å². The van der Waals surface area contributed by atoms with Crippen LogP contribution >= 0.6 is 22.9 Å². The predicted octanol–water partition coefficient (Wildman–Crippen LogP) is 2.87. The van der Waals surface area contributed by atoms with E-state index in [1.165, 1.54) is 18.4 Å². The van der Waals surface area contributed by atoms with Crippen LogP contribution in [0.3, 0.4) is 0 Å². The lowest BCUT2D eigenvalue weighted by Crippen LogP contribution is -2.28. The van der Waals surface area contributed by atoms with E-state index in [0.717, 1.165) is 0 Å². The maximum atomic E-state index is 12.0. The number of rotatable bonds is 5. The van der Waals surface area contributed by atoms with Gasteiger partial charge in [0.2, 0.25) is 0 Å². The normalized spacial score (nSPS) is 11.9. The first-order valence-electron chi connectivity index (χ1n) is 5.95. The van der Waals surface area contributed by atoms with Gasteiger partial charge in [-0.15, -0.1) is 11.3 Å². The number of aliphatic hydroxyl groups excluding tert-OH is 1. The van der Waals surface area contributed by atoms with Crippen molar-refractivity contribution in [3.63, 3.8) is 0 Å². The van der Waals surface area contributed by atoms with Gasteiger partial charge in [0.15, 0.2) is 0 Å². The molecule has 0 spiro atoms. The van der Waals surface area contributed by atoms with Gasteiger partial charge < -0.3 is 15.2 Å². The zero-order valence-corrected chi connectivity index (χ0v) is 12.4. The van der Waals surface area contributed by atoms with Gasteiger partial charge in [0.25, 0.3) is 5.91 Å². The second-order valence-corrected chi connectivity index (χ2v) is 5.39. The molecule has 20 heavy (non-hydrogen) atoms. The van der Waals surface area contributed by atoms with Gasteiger partial charge in [-0.05, 0) is 17.5 Å². The third-order valence-corrected chi connectivity index (χ3v) is 4.01. The molecule has 2 N–H and O–H groups in total. The van der Waals surface area contributed by atoms with E-state index in [4.69, 9.17) is 16.3 Å². The molecule has 6 heteroatoms. The Balaban J connectivity index is 1.99. The van der Waals surface area contributed by atoms with Crippen molar-refractivity contribution in [3.8, 4) is 5.75 Å². The number of thiophene rings is 1. The van der Waals surface area contributed by atoms with Gasteiger partial charge in [0.1, 0.15) is 10.6 Å². The summed E-state index contributed by atoms with van der Waals surface area (Å²) in [5.41, 5.74) is 0.590. The molecule has 0 saturated heterocycles. The van der Waals surface area contributed by atoms with Crippen LogP contribution in [0.5, 0.6) is 5.75 Å². The average Bonchev–Trinajstić information content (AvgIpc) is 2.93. The molecule has 0 saturated carbocycles. The Morgan fingerprint density at radius 2 is 2.20 bits per heavy atom. The summed E-state index contributed by atoms with van der Waals surface area (Å²) in [6, 6.07) is 8.72. The quantitative estimate of drug-likeness (QED) is 0.892. The number of aliphatic hydroxyl groups is 1. The third-order valence-electron chi connectivity index (χ3n) is 2.78. The van der Waals surface area contributed by atoms with Crippen LogP contribution in [0, 0.1) is 0 Å². The van der Waals surface area contributed by atoms with Gasteiger partial charge in [-0.1, -0.05) is 29.8 Å². The first-order chi connectivity index (χ1) is 9.63. The highest BCUT2D eigenvalue weighted by Crippen LogP contribution is 2.25. The average molecular weight is 312 g/mol. The molecule has 1 atom stereocenters. The Morgan fingerprint density at radius 1 is 1.45 bits per heavy atom. The summed E-state index contributed by atoms with van der Waals surface area (Å²) in [6.07, 6.45) is -0.849. The number of benzene rings is 1. The highest BCUT2D eigenvalue weighted by molar-refractivity contribution is 7.12. The van der Waals surface area contributed by atoms with Gasteiger partial charge in [-0.3, -0.25) is 4.79 Å². The van der Waals surface area contributed by atoms with E-state index in [9.17, 15) is 9.90 Å². The van der Waals surface area contributed by atoms with Crippen LogP contribution in [0.2, 0.25) is 5.02 Å². The maximum Gasteiger partial charge on any atom is 0.265 e. The highest BCUT2D eigenvalue weighted by atomic mass is 35.5. The number of amides is 1. The largest absolute Gasteiger partial charge is 0.495 e. The molecule has 106 valence electrons. The zero-order valence-electron chi connectivity index (χ0n) is 10.8. The van der Waals surface area contributed by atoms with E-state index in [1.54, 1.807) is 35.7 Å². The standard InChI is InChI=1S/C14H14ClNO3S/c1-19-12-6-7-20-13(12)14(18)16-8-11(17)9-4-2-3-5-10(9)15/h2-7,11,17H,8H2,1H3,(H,16,18). The van der Waals surface area contributed by atoms with Gasteiger partial charge >= 0.3 is 0 Å². The molecule has 0 aliphatic carbocycles. The second-order valence-electron chi connectivity index (χ2n) is 4.07. The number of carbonyl (C=O) groups excluding carboxylic acids is 1. The number of hydrogen-bond acceptors (Lipinski definition) is 4. The zero-order chi connectivity index (χ0) is 14.5. The van der Waals surface area contributed by atoms with E-state index in [0.29, 0.717) is 21.2 Å². The first kappa shape index (κ1) is 14.8. The van der Waals surface area contributed by atoms with Crippen LogP contribution in [0.15, 0.2) is 35.7 Å². The minimum atomic E-state index is -0.849. The number of halogens is 1. The molecule has 0 aliphatic heterocycles. The molecule has 0 radical (unpaired) electrons. The van der Waals surface area contributed by atoms with E-state index in [1.807, 2.05) is 0 Å². The van der Waals surface area contributed by atoms with Crippen molar-refractivity contribution in [2.45, 2.75) is 6.10 Å². The third kappa shape index (κ3) is 3.30. The molecule has 1 unspecified atom stereocenters. The molecule has 2 aromatic rings. The number of nitrogens with one attached hydrogen (secondary N) is 1. The Hall–Kier alpha value is -1.56. The monoisotopic (exact) mass is 311 g/mol. The molecule has 1 heterocycles. The summed E-state index contributed by atoms with van der Waals surface area (Å²) in [5, 5.41) is 15.0. The van der Waals surface area contributed by atoms with Gasteiger partial charge in [-0.2, -0.15) is 0 Å². The molecule has 1 aromatic carbocycles. The first-order valence-corrected chi connectivity index (χ1v) is 7.21. The molecule has 1 aromatic heterocycles. The fourth-order valence-electron chi connectivity index (χ4n) is 1.75. The summed E-state index contributed by atoms with van der Waals surface area (Å²) < 4.78 is 5.08. The van der Waals surface area contributed by atoms with Crippen LogP contribution in [-0.4, -0.2) is 24.7 Å². The molecule has 0 fully saturated rings. The van der Waals surface area contributed by atoms with Crippen molar-refractivity contribution in [3.05, 3.63) is 51.2 Å². The molecule has 4 nitrogen and oxygen atoms in total. The lowest BCUT2D eigenvalue weighted by atomic mass is 10.1. The van der Waals surface area contributed by atoms with Gasteiger partial charge in [0.05, 0.1) is 13.2 Å². The topological polar surface area (TPSA) is 58.6 Å². The van der Waals surface area contributed by atoms with Crippen molar-refractivity contribution in [2.24, 2.45) is 0 Å². The molecular formula is C14H14ClNO3S. The Labute approximate surface area is 126 Å². The molecule has 2 rings (SSSR count). The lowest BCUT2D eigenvalue weighted by Gasteiger charge is -2.13. The number of ether oxygens (including phenoxy) is 1.